The molecule has 0 rings (SSSR count). The molecule has 0 bridgehead atoms. The molecule has 0 heterocycles. The van der Waals surface area contributed by atoms with E-state index in [4.69, 9.17) is 0 Å². The molecule has 6 heteroatoms. The Morgan fingerprint density at radius 3 is 2.17 bits per heavy atom. The molecule has 3 N–H and O–H groups in total. The van der Waals surface area contributed by atoms with Crippen molar-refractivity contribution in [3.8, 4) is 0 Å². The van der Waals surface area contributed by atoms with Crippen molar-refractivity contribution in [2.45, 2.75) is 72.3 Å². The Morgan fingerprint density at radius 1 is 0.966 bits per heavy atom. The monoisotopic (exact) mass is 424 g/mol. The van der Waals surface area contributed by atoms with Crippen LogP contribution in [0.1, 0.15) is 66.2 Å². The van der Waals surface area contributed by atoms with Crippen LogP contribution in [0.4, 0.5) is 0 Å². The summed E-state index contributed by atoms with van der Waals surface area (Å²) in [5, 5.41) is 14.9. The van der Waals surface area contributed by atoms with Crippen molar-refractivity contribution < 1.29 is 14.7 Å². The quantitative estimate of drug-likeness (QED) is 0.247. The third-order valence-electron chi connectivity index (χ3n) is 4.42. The van der Waals surface area contributed by atoms with Crippen LogP contribution in [-0.2, 0) is 9.59 Å². The Hall–Kier alpha value is -1.53. The number of carboxylic acid groups (broad SMARTS) is 1. The predicted molar refractivity (Wildman–Crippen MR) is 125 cm³/mol. The molecule has 0 saturated carbocycles. The molecule has 166 valence electrons. The number of amides is 1. The molecule has 0 aromatic carbocycles. The number of carboxylic acids is 1. The van der Waals surface area contributed by atoms with Crippen LogP contribution in [0.25, 0.3) is 0 Å². The number of nitrogens with one attached hydrogen (secondary N) is 2. The average Bonchev–Trinajstić information content (AvgIpc) is 2.64. The van der Waals surface area contributed by atoms with Gasteiger partial charge in [-0.25, -0.2) is 4.79 Å². The summed E-state index contributed by atoms with van der Waals surface area (Å²) in [6, 6.07) is -0.831. The van der Waals surface area contributed by atoms with Gasteiger partial charge in [0.05, 0.1) is 0 Å². The number of hydrogen-bond acceptors (Lipinski definition) is 4. The first-order valence-corrected chi connectivity index (χ1v) is 11.6. The van der Waals surface area contributed by atoms with E-state index in [1.54, 1.807) is 0 Å². The number of aliphatic carboxylic acids is 1. The molecular weight excluding hydrogens is 384 g/mol. The van der Waals surface area contributed by atoms with E-state index in [-0.39, 0.29) is 5.91 Å². The highest BCUT2D eigenvalue weighted by Gasteiger charge is 2.19. The Morgan fingerprint density at radius 2 is 1.59 bits per heavy atom. The molecule has 0 fully saturated rings. The van der Waals surface area contributed by atoms with Gasteiger partial charge in [0.1, 0.15) is 6.04 Å². The van der Waals surface area contributed by atoms with Crippen molar-refractivity contribution in [3.63, 3.8) is 0 Å². The molecule has 0 radical (unpaired) electrons. The summed E-state index contributed by atoms with van der Waals surface area (Å²) in [7, 11) is 1.83. The SMILES string of the molecule is CNCCCC(=O)NC(CSC/C=C(\C)CC/C=C(\C)CCC=C(C)C)C(=O)O. The van der Waals surface area contributed by atoms with E-state index in [0.29, 0.717) is 18.6 Å². The predicted octanol–water partition coefficient (Wildman–Crippen LogP) is 4.71. The zero-order chi connectivity index (χ0) is 22.1. The van der Waals surface area contributed by atoms with Crippen molar-refractivity contribution in [3.05, 3.63) is 34.9 Å². The summed E-state index contributed by atoms with van der Waals surface area (Å²) in [5.41, 5.74) is 4.11. The lowest BCUT2D eigenvalue weighted by molar-refractivity contribution is -0.141. The van der Waals surface area contributed by atoms with Crippen LogP contribution in [0.2, 0.25) is 0 Å². The van der Waals surface area contributed by atoms with Crippen LogP contribution in [0.15, 0.2) is 34.9 Å². The molecule has 1 amide bonds. The Labute approximate surface area is 181 Å². The maximum Gasteiger partial charge on any atom is 0.327 e. The lowest BCUT2D eigenvalue weighted by atomic mass is 10.1. The molecule has 0 aliphatic rings. The minimum Gasteiger partial charge on any atom is -0.480 e. The average molecular weight is 425 g/mol. The Balaban J connectivity index is 4.15. The zero-order valence-corrected chi connectivity index (χ0v) is 19.7. The Kier molecular flexibility index (Phi) is 16.4. The fourth-order valence-corrected chi connectivity index (χ4v) is 3.59. The summed E-state index contributed by atoms with van der Waals surface area (Å²) in [6.07, 6.45) is 12.1. The first-order valence-electron chi connectivity index (χ1n) is 10.4. The summed E-state index contributed by atoms with van der Waals surface area (Å²) in [6.45, 7) is 9.30. The number of hydrogen-bond donors (Lipinski definition) is 3. The summed E-state index contributed by atoms with van der Waals surface area (Å²) >= 11 is 1.54. The normalized spacial score (nSPS) is 13.1. The maximum absolute atomic E-state index is 11.8. The lowest BCUT2D eigenvalue weighted by Crippen LogP contribution is -2.42. The second kappa shape index (κ2) is 17.3. The van der Waals surface area contributed by atoms with Crippen molar-refractivity contribution in [2.24, 2.45) is 0 Å². The third kappa shape index (κ3) is 17.1. The molecule has 0 aliphatic heterocycles. The van der Waals surface area contributed by atoms with Gasteiger partial charge in [-0.1, -0.05) is 34.9 Å². The Bertz CT molecular complexity index is 579. The first kappa shape index (κ1) is 27.5. The van der Waals surface area contributed by atoms with Crippen molar-refractivity contribution in [2.75, 3.05) is 25.1 Å². The van der Waals surface area contributed by atoms with Gasteiger partial charge in [0, 0.05) is 17.9 Å². The fourth-order valence-electron chi connectivity index (χ4n) is 2.59. The van der Waals surface area contributed by atoms with Crippen LogP contribution < -0.4 is 10.6 Å². The molecule has 5 nitrogen and oxygen atoms in total. The minimum absolute atomic E-state index is 0.202. The number of carbonyl (C=O) groups excluding carboxylic acids is 1. The summed E-state index contributed by atoms with van der Waals surface area (Å²) < 4.78 is 0. The zero-order valence-electron chi connectivity index (χ0n) is 18.8. The fraction of sp³-hybridized carbons (Fsp3) is 0.652. The van der Waals surface area contributed by atoms with E-state index in [1.165, 1.54) is 28.5 Å². The third-order valence-corrected chi connectivity index (χ3v) is 5.39. The molecule has 1 atom stereocenters. The van der Waals surface area contributed by atoms with Crippen molar-refractivity contribution in [1.29, 1.82) is 0 Å². The van der Waals surface area contributed by atoms with Gasteiger partial charge >= 0.3 is 5.97 Å². The molecule has 0 spiro atoms. The van der Waals surface area contributed by atoms with E-state index in [2.05, 4.69) is 56.6 Å². The highest BCUT2D eigenvalue weighted by atomic mass is 32.2. The van der Waals surface area contributed by atoms with Gasteiger partial charge in [0.15, 0.2) is 0 Å². The molecular formula is C23H40N2O3S. The van der Waals surface area contributed by atoms with Crippen LogP contribution in [0.3, 0.4) is 0 Å². The number of allylic oxidation sites excluding steroid dienone is 5. The highest BCUT2D eigenvalue weighted by molar-refractivity contribution is 7.99. The van der Waals surface area contributed by atoms with E-state index in [0.717, 1.165) is 38.0 Å². The van der Waals surface area contributed by atoms with E-state index in [1.807, 2.05) is 7.05 Å². The number of rotatable bonds is 16. The molecule has 29 heavy (non-hydrogen) atoms. The maximum atomic E-state index is 11.8. The molecule has 1 unspecified atom stereocenters. The van der Waals surface area contributed by atoms with Gasteiger partial charge in [0.2, 0.25) is 5.91 Å². The lowest BCUT2D eigenvalue weighted by Gasteiger charge is -2.14. The van der Waals surface area contributed by atoms with Crippen molar-refractivity contribution >= 4 is 23.6 Å². The molecule has 0 aliphatic carbocycles. The van der Waals surface area contributed by atoms with Gasteiger partial charge in [0.25, 0.3) is 0 Å². The van der Waals surface area contributed by atoms with Crippen molar-refractivity contribution in [1.82, 2.24) is 10.6 Å². The minimum atomic E-state index is -0.978. The van der Waals surface area contributed by atoms with Crippen LogP contribution in [-0.4, -0.2) is 48.1 Å². The molecule has 0 aromatic heterocycles. The van der Waals surface area contributed by atoms with E-state index >= 15 is 0 Å². The van der Waals surface area contributed by atoms with Gasteiger partial charge in [-0.3, -0.25) is 4.79 Å². The summed E-state index contributed by atoms with van der Waals surface area (Å²) in [4.78, 5) is 23.2. The molecule has 0 aromatic rings. The second-order valence-corrected chi connectivity index (χ2v) is 8.74. The largest absolute Gasteiger partial charge is 0.480 e. The summed E-state index contributed by atoms with van der Waals surface area (Å²) in [5.74, 6) is -0.0463. The van der Waals surface area contributed by atoms with Gasteiger partial charge in [-0.05, 0) is 73.4 Å². The van der Waals surface area contributed by atoms with Gasteiger partial charge in [-0.15, -0.1) is 0 Å². The van der Waals surface area contributed by atoms with Crippen LogP contribution in [0.5, 0.6) is 0 Å². The highest BCUT2D eigenvalue weighted by Crippen LogP contribution is 2.13. The number of carbonyl (C=O) groups is 2. The number of thioether (sulfide) groups is 1. The topological polar surface area (TPSA) is 78.4 Å². The molecule has 0 saturated heterocycles. The smallest absolute Gasteiger partial charge is 0.327 e. The van der Waals surface area contributed by atoms with Gasteiger partial charge in [-0.2, -0.15) is 11.8 Å². The first-order chi connectivity index (χ1) is 13.8. The second-order valence-electron chi connectivity index (χ2n) is 7.66. The standard InChI is InChI=1S/C23H40N2O3S/c1-18(2)9-6-10-19(3)11-7-12-20(4)14-16-29-17-21(23(27)28)25-22(26)13-8-15-24-5/h9,11,14,21,24H,6-8,10,12-13,15-17H2,1-5H3,(H,25,26)(H,27,28)/b19-11+,20-14+. The van der Waals surface area contributed by atoms with Gasteiger partial charge < -0.3 is 15.7 Å². The van der Waals surface area contributed by atoms with E-state index < -0.39 is 12.0 Å². The van der Waals surface area contributed by atoms with Crippen LogP contribution in [0, 0.1) is 0 Å². The van der Waals surface area contributed by atoms with Crippen LogP contribution >= 0.6 is 11.8 Å². The van der Waals surface area contributed by atoms with E-state index in [9.17, 15) is 14.7 Å².